The zero-order valence-corrected chi connectivity index (χ0v) is 11.9. The van der Waals surface area contributed by atoms with Crippen molar-refractivity contribution in [3.8, 4) is 0 Å². The van der Waals surface area contributed by atoms with Gasteiger partial charge in [-0.25, -0.2) is 9.78 Å². The molecule has 20 heavy (non-hydrogen) atoms. The number of hydrogen-bond donors (Lipinski definition) is 1. The van der Waals surface area contributed by atoms with E-state index in [2.05, 4.69) is 11.9 Å². The van der Waals surface area contributed by atoms with Crippen molar-refractivity contribution in [3.63, 3.8) is 0 Å². The highest BCUT2D eigenvalue weighted by Crippen LogP contribution is 2.20. The van der Waals surface area contributed by atoms with Gasteiger partial charge in [0.2, 0.25) is 0 Å². The van der Waals surface area contributed by atoms with E-state index in [1.54, 1.807) is 6.92 Å². The summed E-state index contributed by atoms with van der Waals surface area (Å²) in [7, 11) is 0. The molecule has 0 bridgehead atoms. The van der Waals surface area contributed by atoms with Crippen LogP contribution in [0.25, 0.3) is 0 Å². The molecule has 1 N–H and O–H groups in total. The molecule has 1 amide bonds. The molecule has 1 aromatic heterocycles. The van der Waals surface area contributed by atoms with Crippen LogP contribution in [0, 0.1) is 12.8 Å². The normalized spacial score (nSPS) is 18.9. The molecule has 1 atom stereocenters. The number of aromatic carboxylic acids is 1. The molecule has 2 rings (SSSR count). The Hall–Kier alpha value is -1.91. The monoisotopic (exact) mass is 276 g/mol. The highest BCUT2D eigenvalue weighted by Gasteiger charge is 2.24. The summed E-state index contributed by atoms with van der Waals surface area (Å²) < 4.78 is 0. The van der Waals surface area contributed by atoms with Crippen molar-refractivity contribution in [1.82, 2.24) is 9.88 Å². The zero-order valence-electron chi connectivity index (χ0n) is 11.9. The van der Waals surface area contributed by atoms with Crippen molar-refractivity contribution in [2.75, 3.05) is 13.1 Å². The van der Waals surface area contributed by atoms with E-state index in [1.807, 2.05) is 4.90 Å². The fourth-order valence-corrected chi connectivity index (χ4v) is 2.65. The Labute approximate surface area is 118 Å². The lowest BCUT2D eigenvalue weighted by molar-refractivity contribution is 0.0658. The quantitative estimate of drug-likeness (QED) is 0.920. The summed E-state index contributed by atoms with van der Waals surface area (Å²) in [5, 5.41) is 8.98. The minimum absolute atomic E-state index is 0.0943. The molecule has 1 fully saturated rings. The molecule has 0 radical (unpaired) electrons. The Bertz CT molecular complexity index is 528. The number of carbonyl (C=O) groups is 2. The van der Waals surface area contributed by atoms with Crippen LogP contribution in [-0.2, 0) is 0 Å². The van der Waals surface area contributed by atoms with Gasteiger partial charge in [-0.3, -0.25) is 4.79 Å². The Balaban J connectivity index is 2.17. The predicted molar refractivity (Wildman–Crippen MR) is 74.9 cm³/mol. The number of aryl methyl sites for hydroxylation is 1. The number of aromatic nitrogens is 1. The van der Waals surface area contributed by atoms with E-state index < -0.39 is 5.97 Å². The number of carboxylic acid groups (broad SMARTS) is 1. The Kier molecular flexibility index (Phi) is 4.37. The fraction of sp³-hybridized carbons (Fsp3) is 0.533. The standard InChI is InChI=1S/C15H20N2O3/c1-3-11-5-4-8-17(9-11)14(18)13-7-6-12(15(19)20)10(2)16-13/h6-7,11H,3-5,8-9H2,1-2H3,(H,19,20). The maximum absolute atomic E-state index is 12.4. The van der Waals surface area contributed by atoms with Gasteiger partial charge in [-0.1, -0.05) is 13.3 Å². The second kappa shape index (κ2) is 6.03. The molecule has 2 heterocycles. The van der Waals surface area contributed by atoms with Crippen molar-refractivity contribution in [2.24, 2.45) is 5.92 Å². The lowest BCUT2D eigenvalue weighted by Crippen LogP contribution is -2.40. The first-order valence-electron chi connectivity index (χ1n) is 7.03. The summed E-state index contributed by atoms with van der Waals surface area (Å²) in [6.07, 6.45) is 3.27. The molecule has 1 aromatic rings. The van der Waals surface area contributed by atoms with E-state index in [0.717, 1.165) is 25.9 Å². The Morgan fingerprint density at radius 1 is 1.45 bits per heavy atom. The van der Waals surface area contributed by atoms with Crippen molar-refractivity contribution in [3.05, 3.63) is 29.1 Å². The van der Waals surface area contributed by atoms with E-state index in [1.165, 1.54) is 18.6 Å². The third-order valence-electron chi connectivity index (χ3n) is 3.92. The molecular weight excluding hydrogens is 256 g/mol. The summed E-state index contributed by atoms with van der Waals surface area (Å²) in [5.74, 6) is -0.548. The molecule has 1 unspecified atom stereocenters. The van der Waals surface area contributed by atoms with Gasteiger partial charge in [0.05, 0.1) is 11.3 Å². The number of amides is 1. The molecule has 0 saturated carbocycles. The van der Waals surface area contributed by atoms with Crippen LogP contribution in [0.15, 0.2) is 12.1 Å². The van der Waals surface area contributed by atoms with Crippen LogP contribution in [-0.4, -0.2) is 40.0 Å². The van der Waals surface area contributed by atoms with E-state index in [4.69, 9.17) is 5.11 Å². The summed E-state index contributed by atoms with van der Waals surface area (Å²) in [5.41, 5.74) is 0.864. The highest BCUT2D eigenvalue weighted by atomic mass is 16.4. The predicted octanol–water partition coefficient (Wildman–Crippen LogP) is 2.35. The number of likely N-dealkylation sites (tertiary alicyclic amines) is 1. The smallest absolute Gasteiger partial charge is 0.337 e. The highest BCUT2D eigenvalue weighted by molar-refractivity contribution is 5.94. The number of piperidine rings is 1. The number of hydrogen-bond acceptors (Lipinski definition) is 3. The van der Waals surface area contributed by atoms with Gasteiger partial charge in [0.15, 0.2) is 0 Å². The van der Waals surface area contributed by atoms with Gasteiger partial charge >= 0.3 is 5.97 Å². The van der Waals surface area contributed by atoms with Crippen molar-refractivity contribution < 1.29 is 14.7 Å². The lowest BCUT2D eigenvalue weighted by Gasteiger charge is -2.32. The number of carboxylic acids is 1. The average molecular weight is 276 g/mol. The van der Waals surface area contributed by atoms with Crippen molar-refractivity contribution in [1.29, 1.82) is 0 Å². The van der Waals surface area contributed by atoms with E-state index in [9.17, 15) is 9.59 Å². The molecule has 1 saturated heterocycles. The molecule has 5 nitrogen and oxygen atoms in total. The summed E-state index contributed by atoms with van der Waals surface area (Å²) in [6.45, 7) is 5.29. The van der Waals surface area contributed by atoms with Crippen LogP contribution in [0.4, 0.5) is 0 Å². The summed E-state index contributed by atoms with van der Waals surface area (Å²) >= 11 is 0. The van der Waals surface area contributed by atoms with Crippen molar-refractivity contribution >= 4 is 11.9 Å². The Morgan fingerprint density at radius 2 is 2.20 bits per heavy atom. The third-order valence-corrected chi connectivity index (χ3v) is 3.92. The Morgan fingerprint density at radius 3 is 2.80 bits per heavy atom. The fourth-order valence-electron chi connectivity index (χ4n) is 2.65. The molecule has 0 spiro atoms. The number of carbonyl (C=O) groups excluding carboxylic acids is 1. The minimum Gasteiger partial charge on any atom is -0.478 e. The van der Waals surface area contributed by atoms with Crippen LogP contribution in [0.3, 0.4) is 0 Å². The van der Waals surface area contributed by atoms with Gasteiger partial charge < -0.3 is 10.0 Å². The van der Waals surface area contributed by atoms with Crippen LogP contribution in [0.5, 0.6) is 0 Å². The number of pyridine rings is 1. The minimum atomic E-state index is -1.02. The van der Waals surface area contributed by atoms with Gasteiger partial charge in [0.25, 0.3) is 5.91 Å². The average Bonchev–Trinajstić information content (AvgIpc) is 2.46. The van der Waals surface area contributed by atoms with E-state index in [0.29, 0.717) is 17.3 Å². The molecule has 1 aliphatic heterocycles. The number of rotatable bonds is 3. The van der Waals surface area contributed by atoms with Gasteiger partial charge in [-0.15, -0.1) is 0 Å². The SMILES string of the molecule is CCC1CCCN(C(=O)c2ccc(C(=O)O)c(C)n2)C1. The van der Waals surface area contributed by atoms with Crippen LogP contribution in [0.1, 0.15) is 52.7 Å². The zero-order chi connectivity index (χ0) is 14.7. The van der Waals surface area contributed by atoms with Gasteiger partial charge in [-0.2, -0.15) is 0 Å². The second-order valence-electron chi connectivity index (χ2n) is 5.30. The van der Waals surface area contributed by atoms with Gasteiger partial charge in [0.1, 0.15) is 5.69 Å². The first kappa shape index (κ1) is 14.5. The first-order chi connectivity index (χ1) is 9.52. The molecule has 0 aliphatic carbocycles. The number of nitrogens with zero attached hydrogens (tertiary/aromatic N) is 2. The molecule has 5 heteroatoms. The molecular formula is C15H20N2O3. The molecule has 0 aromatic carbocycles. The first-order valence-corrected chi connectivity index (χ1v) is 7.03. The van der Waals surface area contributed by atoms with Gasteiger partial charge in [0, 0.05) is 13.1 Å². The lowest BCUT2D eigenvalue weighted by atomic mass is 9.95. The maximum Gasteiger partial charge on any atom is 0.337 e. The second-order valence-corrected chi connectivity index (χ2v) is 5.30. The largest absolute Gasteiger partial charge is 0.478 e. The van der Waals surface area contributed by atoms with E-state index in [-0.39, 0.29) is 11.5 Å². The third kappa shape index (κ3) is 2.98. The summed E-state index contributed by atoms with van der Waals surface area (Å²) in [6, 6.07) is 2.97. The van der Waals surface area contributed by atoms with Crippen molar-refractivity contribution in [2.45, 2.75) is 33.1 Å². The van der Waals surface area contributed by atoms with Crippen LogP contribution in [0.2, 0.25) is 0 Å². The van der Waals surface area contributed by atoms with Gasteiger partial charge in [-0.05, 0) is 37.8 Å². The maximum atomic E-state index is 12.4. The van der Waals surface area contributed by atoms with Crippen LogP contribution < -0.4 is 0 Å². The molecule has 108 valence electrons. The molecule has 1 aliphatic rings. The topological polar surface area (TPSA) is 70.5 Å². The van der Waals surface area contributed by atoms with E-state index >= 15 is 0 Å². The summed E-state index contributed by atoms with van der Waals surface area (Å²) in [4.78, 5) is 29.3. The van der Waals surface area contributed by atoms with Crippen LogP contribution >= 0.6 is 0 Å².